The van der Waals surface area contributed by atoms with Crippen LogP contribution in [0.3, 0.4) is 0 Å². The first kappa shape index (κ1) is 9.60. The van der Waals surface area contributed by atoms with Gasteiger partial charge in [0.2, 0.25) is 12.3 Å². The molecule has 13 heavy (non-hydrogen) atoms. The van der Waals surface area contributed by atoms with E-state index in [2.05, 4.69) is 9.72 Å². The maximum absolute atomic E-state index is 12.8. The van der Waals surface area contributed by atoms with Crippen LogP contribution in [0.5, 0.6) is 0 Å². The highest BCUT2D eigenvalue weighted by Crippen LogP contribution is 2.14. The first-order chi connectivity index (χ1) is 6.15. The van der Waals surface area contributed by atoms with E-state index < -0.39 is 12.3 Å². The zero-order valence-corrected chi connectivity index (χ0v) is 7.03. The molecule has 0 saturated carbocycles. The third kappa shape index (κ3) is 2.22. The molecule has 1 unspecified atom stereocenters. The standard InChI is InChI=1S/C8H9FN2O2/c1-13-7(9)6-3-2-5(4-11-6)8(10)12/h2-4,7H,1H3,(H2,10,12). The van der Waals surface area contributed by atoms with Crippen molar-refractivity contribution in [3.63, 3.8) is 0 Å². The number of alkyl halides is 1. The van der Waals surface area contributed by atoms with Gasteiger partial charge in [0.25, 0.3) is 0 Å². The number of pyridine rings is 1. The summed E-state index contributed by atoms with van der Waals surface area (Å²) in [5, 5.41) is 0. The van der Waals surface area contributed by atoms with E-state index in [1.807, 2.05) is 0 Å². The van der Waals surface area contributed by atoms with Gasteiger partial charge in [0, 0.05) is 13.3 Å². The Morgan fingerprint density at radius 2 is 2.38 bits per heavy atom. The molecule has 0 saturated heterocycles. The van der Waals surface area contributed by atoms with E-state index in [9.17, 15) is 9.18 Å². The Hall–Kier alpha value is -1.49. The van der Waals surface area contributed by atoms with Gasteiger partial charge in [0.1, 0.15) is 5.69 Å². The fourth-order valence-electron chi connectivity index (χ4n) is 0.806. The summed E-state index contributed by atoms with van der Waals surface area (Å²) in [6.07, 6.45) is -0.356. The Morgan fingerprint density at radius 3 is 2.77 bits per heavy atom. The van der Waals surface area contributed by atoms with Crippen molar-refractivity contribution in [1.29, 1.82) is 0 Å². The molecule has 1 amide bonds. The van der Waals surface area contributed by atoms with Gasteiger partial charge >= 0.3 is 0 Å². The van der Waals surface area contributed by atoms with Crippen molar-refractivity contribution in [3.05, 3.63) is 29.6 Å². The van der Waals surface area contributed by atoms with Gasteiger partial charge in [0.15, 0.2) is 0 Å². The second-order valence-corrected chi connectivity index (χ2v) is 2.39. The smallest absolute Gasteiger partial charge is 0.250 e. The molecular weight excluding hydrogens is 175 g/mol. The largest absolute Gasteiger partial charge is 0.366 e. The maximum atomic E-state index is 12.8. The minimum atomic E-state index is -1.57. The summed E-state index contributed by atoms with van der Waals surface area (Å²) in [5.74, 6) is -0.591. The molecule has 0 radical (unpaired) electrons. The number of ether oxygens (including phenoxy) is 1. The van der Waals surface area contributed by atoms with Gasteiger partial charge < -0.3 is 10.5 Å². The highest BCUT2D eigenvalue weighted by molar-refractivity contribution is 5.92. The lowest BCUT2D eigenvalue weighted by molar-refractivity contribution is -0.00994. The predicted octanol–water partition coefficient (Wildman–Crippen LogP) is 0.795. The summed E-state index contributed by atoms with van der Waals surface area (Å²) in [6, 6.07) is 2.75. The van der Waals surface area contributed by atoms with Crippen LogP contribution in [-0.2, 0) is 4.74 Å². The van der Waals surface area contributed by atoms with Gasteiger partial charge in [-0.2, -0.15) is 0 Å². The van der Waals surface area contributed by atoms with Gasteiger partial charge in [0.05, 0.1) is 5.56 Å². The van der Waals surface area contributed by atoms with E-state index in [-0.39, 0.29) is 11.3 Å². The van der Waals surface area contributed by atoms with Crippen molar-refractivity contribution >= 4 is 5.91 Å². The fourth-order valence-corrected chi connectivity index (χ4v) is 0.806. The lowest BCUT2D eigenvalue weighted by Gasteiger charge is -2.04. The number of halogens is 1. The van der Waals surface area contributed by atoms with Gasteiger partial charge in [-0.1, -0.05) is 0 Å². The molecule has 1 aromatic rings. The number of amides is 1. The zero-order chi connectivity index (χ0) is 9.84. The number of methoxy groups -OCH3 is 1. The molecule has 0 spiro atoms. The molecular formula is C8H9FN2O2. The van der Waals surface area contributed by atoms with E-state index in [0.717, 1.165) is 0 Å². The van der Waals surface area contributed by atoms with Crippen LogP contribution in [0.15, 0.2) is 18.3 Å². The number of nitrogens with zero attached hydrogens (tertiary/aromatic N) is 1. The highest BCUT2D eigenvalue weighted by Gasteiger charge is 2.09. The highest BCUT2D eigenvalue weighted by atomic mass is 19.1. The number of hydrogen-bond acceptors (Lipinski definition) is 3. The van der Waals surface area contributed by atoms with Crippen molar-refractivity contribution < 1.29 is 13.9 Å². The second kappa shape index (κ2) is 3.95. The van der Waals surface area contributed by atoms with E-state index in [0.29, 0.717) is 0 Å². The number of carbonyl (C=O) groups excluding carboxylic acids is 1. The van der Waals surface area contributed by atoms with E-state index in [1.54, 1.807) is 0 Å². The summed E-state index contributed by atoms with van der Waals surface area (Å²) in [5.41, 5.74) is 5.33. The topological polar surface area (TPSA) is 65.2 Å². The molecule has 0 aliphatic rings. The van der Waals surface area contributed by atoms with Crippen molar-refractivity contribution in [2.24, 2.45) is 5.73 Å². The monoisotopic (exact) mass is 184 g/mol. The molecule has 70 valence electrons. The van der Waals surface area contributed by atoms with E-state index in [4.69, 9.17) is 5.73 Å². The quantitative estimate of drug-likeness (QED) is 0.755. The summed E-state index contributed by atoms with van der Waals surface area (Å²) < 4.78 is 17.2. The molecule has 1 atom stereocenters. The summed E-state index contributed by atoms with van der Waals surface area (Å²) in [7, 11) is 1.23. The van der Waals surface area contributed by atoms with Crippen LogP contribution in [-0.4, -0.2) is 18.0 Å². The van der Waals surface area contributed by atoms with Crippen molar-refractivity contribution in [1.82, 2.24) is 4.98 Å². The van der Waals surface area contributed by atoms with Crippen LogP contribution < -0.4 is 5.73 Å². The molecule has 0 fully saturated rings. The maximum Gasteiger partial charge on any atom is 0.250 e. The molecule has 4 nitrogen and oxygen atoms in total. The average molecular weight is 184 g/mol. The normalized spacial score (nSPS) is 12.5. The number of rotatable bonds is 3. The average Bonchev–Trinajstić information content (AvgIpc) is 2.17. The number of carbonyl (C=O) groups is 1. The Kier molecular flexibility index (Phi) is 2.92. The third-order valence-electron chi connectivity index (χ3n) is 1.51. The van der Waals surface area contributed by atoms with Gasteiger partial charge in [-0.25, -0.2) is 4.39 Å². The number of hydrogen-bond donors (Lipinski definition) is 1. The summed E-state index contributed by atoms with van der Waals surface area (Å²) >= 11 is 0. The van der Waals surface area contributed by atoms with Gasteiger partial charge in [-0.3, -0.25) is 9.78 Å². The van der Waals surface area contributed by atoms with Gasteiger partial charge in [-0.15, -0.1) is 0 Å². The number of aromatic nitrogens is 1. The minimum Gasteiger partial charge on any atom is -0.366 e. The molecule has 5 heteroatoms. The number of primary amides is 1. The van der Waals surface area contributed by atoms with Crippen LogP contribution in [0, 0.1) is 0 Å². The molecule has 0 aliphatic carbocycles. The van der Waals surface area contributed by atoms with Crippen LogP contribution >= 0.6 is 0 Å². The Bertz CT molecular complexity index is 300. The molecule has 0 aliphatic heterocycles. The molecule has 0 bridgehead atoms. The fraction of sp³-hybridized carbons (Fsp3) is 0.250. The van der Waals surface area contributed by atoms with E-state index in [1.165, 1.54) is 25.4 Å². The first-order valence-electron chi connectivity index (χ1n) is 3.57. The molecule has 1 rings (SSSR count). The molecule has 1 aromatic heterocycles. The molecule has 0 aromatic carbocycles. The second-order valence-electron chi connectivity index (χ2n) is 2.39. The van der Waals surface area contributed by atoms with Crippen LogP contribution in [0.1, 0.15) is 22.4 Å². The summed E-state index contributed by atoms with van der Waals surface area (Å²) in [6.45, 7) is 0. The van der Waals surface area contributed by atoms with Crippen LogP contribution in [0.25, 0.3) is 0 Å². The Balaban J connectivity index is 2.87. The first-order valence-corrected chi connectivity index (χ1v) is 3.57. The van der Waals surface area contributed by atoms with Crippen molar-refractivity contribution in [2.45, 2.75) is 6.36 Å². The minimum absolute atomic E-state index is 0.118. The SMILES string of the molecule is COC(F)c1ccc(C(N)=O)cn1. The summed E-state index contributed by atoms with van der Waals surface area (Å²) in [4.78, 5) is 14.3. The lowest BCUT2D eigenvalue weighted by Crippen LogP contribution is -2.11. The van der Waals surface area contributed by atoms with Gasteiger partial charge in [-0.05, 0) is 12.1 Å². The Labute approximate surface area is 74.5 Å². The zero-order valence-electron chi connectivity index (χ0n) is 7.03. The third-order valence-corrected chi connectivity index (χ3v) is 1.51. The number of nitrogens with two attached hydrogens (primary N) is 1. The Morgan fingerprint density at radius 1 is 1.69 bits per heavy atom. The molecule has 2 N–H and O–H groups in total. The van der Waals surface area contributed by atoms with Crippen molar-refractivity contribution in [3.8, 4) is 0 Å². The van der Waals surface area contributed by atoms with Crippen LogP contribution in [0.2, 0.25) is 0 Å². The molecule has 1 heterocycles. The predicted molar refractivity (Wildman–Crippen MR) is 43.6 cm³/mol. The van der Waals surface area contributed by atoms with Crippen LogP contribution in [0.4, 0.5) is 4.39 Å². The lowest BCUT2D eigenvalue weighted by atomic mass is 10.2. The van der Waals surface area contributed by atoms with E-state index >= 15 is 0 Å². The van der Waals surface area contributed by atoms with Crippen molar-refractivity contribution in [2.75, 3.05) is 7.11 Å².